The van der Waals surface area contributed by atoms with E-state index in [-0.39, 0.29) is 5.97 Å². The standard InChI is InChI=1S/C38H30N2O4S/c1-4-44-38(41)25-18-16-24(17-19-25)29-23-28(26-20-21-33(42-2)34(22-26)43-3)27-10-9-13-32(37(27)39-29)40-30-11-5-7-14-35(30)45-36-15-8-6-12-31(36)40/h5-23H,4H2,1-3H3. The molecule has 6 aromatic rings. The molecule has 0 N–H and O–H groups in total. The van der Waals surface area contributed by atoms with E-state index in [0.29, 0.717) is 23.7 Å². The van der Waals surface area contributed by atoms with Gasteiger partial charge in [0.05, 0.1) is 54.7 Å². The molecule has 7 heteroatoms. The minimum Gasteiger partial charge on any atom is -0.493 e. The van der Waals surface area contributed by atoms with E-state index in [9.17, 15) is 4.79 Å². The number of rotatable bonds is 7. The number of hydrogen-bond acceptors (Lipinski definition) is 7. The lowest BCUT2D eigenvalue weighted by atomic mass is 9.96. The summed E-state index contributed by atoms with van der Waals surface area (Å²) < 4.78 is 16.4. The number of methoxy groups -OCH3 is 2. The molecular formula is C38H30N2O4S. The topological polar surface area (TPSA) is 60.9 Å². The predicted octanol–water partition coefficient (Wildman–Crippen LogP) is 9.70. The van der Waals surface area contributed by atoms with Gasteiger partial charge in [-0.05, 0) is 78.7 Å². The van der Waals surface area contributed by atoms with Crippen molar-refractivity contribution >= 4 is 45.7 Å². The molecule has 0 fully saturated rings. The molecule has 0 amide bonds. The van der Waals surface area contributed by atoms with Crippen LogP contribution in [0.5, 0.6) is 11.5 Å². The van der Waals surface area contributed by atoms with Gasteiger partial charge < -0.3 is 19.1 Å². The first-order valence-electron chi connectivity index (χ1n) is 14.7. The Morgan fingerprint density at radius 3 is 2.02 bits per heavy atom. The number of carbonyl (C=O) groups is 1. The van der Waals surface area contributed by atoms with Gasteiger partial charge in [0.2, 0.25) is 0 Å². The monoisotopic (exact) mass is 610 g/mol. The minimum absolute atomic E-state index is 0.325. The maximum absolute atomic E-state index is 12.4. The number of benzene rings is 5. The van der Waals surface area contributed by atoms with E-state index in [2.05, 4.69) is 77.7 Å². The van der Waals surface area contributed by atoms with Gasteiger partial charge in [-0.25, -0.2) is 9.78 Å². The third kappa shape index (κ3) is 5.15. The van der Waals surface area contributed by atoms with Crippen LogP contribution in [0.15, 0.2) is 125 Å². The molecule has 1 aromatic heterocycles. The first-order chi connectivity index (χ1) is 22.1. The smallest absolute Gasteiger partial charge is 0.338 e. The number of para-hydroxylation sites is 3. The molecule has 0 unspecified atom stereocenters. The van der Waals surface area contributed by atoms with Crippen molar-refractivity contribution in [2.75, 3.05) is 25.7 Å². The average Bonchev–Trinajstić information content (AvgIpc) is 3.09. The summed E-state index contributed by atoms with van der Waals surface area (Å²) in [5, 5.41) is 1.000. The van der Waals surface area contributed by atoms with Crippen LogP contribution in [0.25, 0.3) is 33.3 Å². The van der Waals surface area contributed by atoms with E-state index >= 15 is 0 Å². The number of fused-ring (bicyclic) bond motifs is 3. The highest BCUT2D eigenvalue weighted by molar-refractivity contribution is 7.99. The average molecular weight is 611 g/mol. The third-order valence-corrected chi connectivity index (χ3v) is 9.01. The molecule has 222 valence electrons. The molecule has 0 aliphatic carbocycles. The van der Waals surface area contributed by atoms with Gasteiger partial charge in [0, 0.05) is 20.7 Å². The Balaban J connectivity index is 1.49. The Morgan fingerprint density at radius 2 is 1.36 bits per heavy atom. The molecule has 1 aliphatic heterocycles. The summed E-state index contributed by atoms with van der Waals surface area (Å²) in [6.07, 6.45) is 0. The van der Waals surface area contributed by atoms with E-state index in [1.807, 2.05) is 30.3 Å². The lowest BCUT2D eigenvalue weighted by Gasteiger charge is -2.33. The summed E-state index contributed by atoms with van der Waals surface area (Å²) in [6.45, 7) is 2.13. The zero-order chi connectivity index (χ0) is 30.9. The fraction of sp³-hybridized carbons (Fsp3) is 0.105. The van der Waals surface area contributed by atoms with Crippen molar-refractivity contribution in [2.45, 2.75) is 16.7 Å². The van der Waals surface area contributed by atoms with Crippen molar-refractivity contribution in [3.05, 3.63) is 121 Å². The van der Waals surface area contributed by atoms with Gasteiger partial charge in [-0.1, -0.05) is 66.4 Å². The number of carbonyl (C=O) groups excluding carboxylic acids is 1. The number of ether oxygens (including phenoxy) is 3. The van der Waals surface area contributed by atoms with E-state index in [1.165, 1.54) is 9.79 Å². The van der Waals surface area contributed by atoms with Crippen molar-refractivity contribution in [2.24, 2.45) is 0 Å². The summed E-state index contributed by atoms with van der Waals surface area (Å²) in [6, 6.07) is 38.7. The number of pyridine rings is 1. The molecule has 0 atom stereocenters. The van der Waals surface area contributed by atoms with E-state index in [4.69, 9.17) is 19.2 Å². The van der Waals surface area contributed by atoms with Crippen LogP contribution >= 0.6 is 11.8 Å². The van der Waals surface area contributed by atoms with Crippen LogP contribution in [0, 0.1) is 0 Å². The molecule has 5 aromatic carbocycles. The van der Waals surface area contributed by atoms with Gasteiger partial charge in [-0.3, -0.25) is 0 Å². The molecule has 0 bridgehead atoms. The molecule has 45 heavy (non-hydrogen) atoms. The maximum Gasteiger partial charge on any atom is 0.338 e. The minimum atomic E-state index is -0.343. The van der Waals surface area contributed by atoms with Crippen molar-refractivity contribution in [1.29, 1.82) is 0 Å². The van der Waals surface area contributed by atoms with Gasteiger partial charge in [0.1, 0.15) is 0 Å². The number of hydrogen-bond donors (Lipinski definition) is 0. The zero-order valence-corrected chi connectivity index (χ0v) is 25.9. The van der Waals surface area contributed by atoms with Crippen molar-refractivity contribution in [3.8, 4) is 33.9 Å². The summed E-state index contributed by atoms with van der Waals surface area (Å²) >= 11 is 1.78. The van der Waals surface area contributed by atoms with Crippen LogP contribution in [0.2, 0.25) is 0 Å². The zero-order valence-electron chi connectivity index (χ0n) is 25.1. The van der Waals surface area contributed by atoms with Gasteiger partial charge in [0.15, 0.2) is 11.5 Å². The van der Waals surface area contributed by atoms with Gasteiger partial charge in [0.25, 0.3) is 0 Å². The summed E-state index contributed by atoms with van der Waals surface area (Å²) in [7, 11) is 3.28. The van der Waals surface area contributed by atoms with Crippen LogP contribution in [0.3, 0.4) is 0 Å². The Kier molecular flexibility index (Phi) is 7.61. The van der Waals surface area contributed by atoms with Crippen LogP contribution in [-0.2, 0) is 4.74 Å². The quantitative estimate of drug-likeness (QED) is 0.167. The lowest BCUT2D eigenvalue weighted by molar-refractivity contribution is 0.0526. The fourth-order valence-electron chi connectivity index (χ4n) is 5.76. The molecular weight excluding hydrogens is 580 g/mol. The summed E-state index contributed by atoms with van der Waals surface area (Å²) in [5.41, 5.74) is 8.17. The Hall–Kier alpha value is -5.27. The Labute approximate surface area is 266 Å². The second-order valence-electron chi connectivity index (χ2n) is 10.5. The summed E-state index contributed by atoms with van der Waals surface area (Å²) in [4.78, 5) is 22.4. The molecule has 0 saturated carbocycles. The Morgan fingerprint density at radius 1 is 0.711 bits per heavy atom. The van der Waals surface area contributed by atoms with Crippen LogP contribution in [-0.4, -0.2) is 31.8 Å². The Bertz CT molecular complexity index is 2010. The van der Waals surface area contributed by atoms with Crippen LogP contribution < -0.4 is 14.4 Å². The largest absolute Gasteiger partial charge is 0.493 e. The SMILES string of the molecule is CCOC(=O)c1ccc(-c2cc(-c3ccc(OC)c(OC)c3)c3cccc(N4c5ccccc5Sc5ccccc54)c3n2)cc1. The molecule has 2 heterocycles. The van der Waals surface area contributed by atoms with Crippen molar-refractivity contribution in [3.63, 3.8) is 0 Å². The first-order valence-corrected chi connectivity index (χ1v) is 15.5. The molecule has 0 radical (unpaired) electrons. The lowest BCUT2D eigenvalue weighted by Crippen LogP contribution is -2.15. The third-order valence-electron chi connectivity index (χ3n) is 7.88. The maximum atomic E-state index is 12.4. The second-order valence-corrected chi connectivity index (χ2v) is 11.6. The van der Waals surface area contributed by atoms with Crippen molar-refractivity contribution < 1.29 is 19.0 Å². The molecule has 7 rings (SSSR count). The highest BCUT2D eigenvalue weighted by Crippen LogP contribution is 2.52. The highest BCUT2D eigenvalue weighted by atomic mass is 32.2. The molecule has 1 aliphatic rings. The normalized spacial score (nSPS) is 11.9. The fourth-order valence-corrected chi connectivity index (χ4v) is 6.82. The summed E-state index contributed by atoms with van der Waals surface area (Å²) in [5.74, 6) is 0.964. The highest BCUT2D eigenvalue weighted by Gasteiger charge is 2.27. The molecule has 0 spiro atoms. The number of esters is 1. The predicted molar refractivity (Wildman–Crippen MR) is 180 cm³/mol. The van der Waals surface area contributed by atoms with E-state index < -0.39 is 0 Å². The van der Waals surface area contributed by atoms with Crippen LogP contribution in [0.1, 0.15) is 17.3 Å². The van der Waals surface area contributed by atoms with Gasteiger partial charge >= 0.3 is 5.97 Å². The van der Waals surface area contributed by atoms with Gasteiger partial charge in [-0.2, -0.15) is 0 Å². The molecule has 0 saturated heterocycles. The van der Waals surface area contributed by atoms with Crippen molar-refractivity contribution in [1.82, 2.24) is 4.98 Å². The number of aromatic nitrogens is 1. The van der Waals surface area contributed by atoms with E-state index in [0.717, 1.165) is 50.3 Å². The second kappa shape index (κ2) is 12.0. The van der Waals surface area contributed by atoms with Gasteiger partial charge in [-0.15, -0.1) is 0 Å². The number of nitrogens with zero attached hydrogens (tertiary/aromatic N) is 2. The van der Waals surface area contributed by atoms with E-state index in [1.54, 1.807) is 45.0 Å². The molecule has 6 nitrogen and oxygen atoms in total. The van der Waals surface area contributed by atoms with Crippen LogP contribution in [0.4, 0.5) is 17.1 Å². The first kappa shape index (κ1) is 28.5. The number of anilines is 3.